The lowest BCUT2D eigenvalue weighted by molar-refractivity contribution is 0.508. The van der Waals surface area contributed by atoms with Crippen molar-refractivity contribution in [3.8, 4) is 0 Å². The van der Waals surface area contributed by atoms with Crippen LogP contribution in [0.2, 0.25) is 0 Å². The van der Waals surface area contributed by atoms with Crippen molar-refractivity contribution in [2.24, 2.45) is 0 Å². The lowest BCUT2D eigenvalue weighted by Gasteiger charge is -2.22. The molecule has 0 aliphatic carbocycles. The number of pyridine rings is 1. The second-order valence-electron chi connectivity index (χ2n) is 5.52. The molecule has 0 unspecified atom stereocenters. The van der Waals surface area contributed by atoms with Gasteiger partial charge < -0.3 is 4.42 Å². The summed E-state index contributed by atoms with van der Waals surface area (Å²) in [4.78, 5) is 4.13. The molecule has 1 aromatic carbocycles. The van der Waals surface area contributed by atoms with Crippen molar-refractivity contribution in [2.45, 2.75) is 16.3 Å². The van der Waals surface area contributed by atoms with Crippen molar-refractivity contribution in [3.63, 3.8) is 0 Å². The second-order valence-corrected chi connectivity index (χ2v) is 9.40. The molecular weight excluding hydrogens is 376 g/mol. The van der Waals surface area contributed by atoms with Gasteiger partial charge in [0.1, 0.15) is 11.6 Å². The van der Waals surface area contributed by atoms with E-state index < -0.39 is 19.9 Å². The fourth-order valence-corrected chi connectivity index (χ4v) is 4.34. The van der Waals surface area contributed by atoms with E-state index in [0.29, 0.717) is 5.76 Å². The summed E-state index contributed by atoms with van der Waals surface area (Å²) in [6.07, 6.45) is 4.01. The Morgan fingerprint density at radius 2 is 1.62 bits per heavy atom. The number of furan rings is 1. The average molecular weight is 392 g/mol. The summed E-state index contributed by atoms with van der Waals surface area (Å²) in [7, 11) is -7.39. The molecule has 136 valence electrons. The Morgan fingerprint density at radius 3 is 2.15 bits per heavy atom. The van der Waals surface area contributed by atoms with Crippen LogP contribution in [0.25, 0.3) is 0 Å². The van der Waals surface area contributed by atoms with E-state index >= 15 is 0 Å². The maximum Gasteiger partial charge on any atom is 0.265 e. The first-order valence-electron chi connectivity index (χ1n) is 7.55. The van der Waals surface area contributed by atoms with Crippen LogP contribution >= 0.6 is 0 Å². The molecule has 2 aromatic heterocycles. The van der Waals surface area contributed by atoms with Gasteiger partial charge in [-0.05, 0) is 48.5 Å². The predicted octanol–water partition coefficient (Wildman–Crippen LogP) is 2.47. The highest BCUT2D eigenvalue weighted by molar-refractivity contribution is 7.92. The molecule has 0 aliphatic rings. The van der Waals surface area contributed by atoms with Crippen LogP contribution in [0.15, 0.2) is 81.3 Å². The van der Waals surface area contributed by atoms with Crippen LogP contribution in [0.5, 0.6) is 0 Å². The summed E-state index contributed by atoms with van der Waals surface area (Å²) in [5, 5.41) is 0. The molecule has 0 saturated heterocycles. The number of rotatable bonds is 6. The standard InChI is InChI=1S/C17H16N2O5S2/c1-25(20,21)15-7-9-16(10-8-15)26(22,23)19(13-14-5-4-12-24-14)17-6-2-3-11-18-17/h2-12H,13H2,1H3. The first-order chi connectivity index (χ1) is 12.3. The maximum atomic E-state index is 13.1. The van der Waals surface area contributed by atoms with Gasteiger partial charge in [0.05, 0.1) is 22.6 Å². The second kappa shape index (κ2) is 6.93. The molecule has 0 spiro atoms. The molecule has 0 saturated carbocycles. The highest BCUT2D eigenvalue weighted by Crippen LogP contribution is 2.25. The molecule has 9 heteroatoms. The Bertz CT molecular complexity index is 1080. The lowest BCUT2D eigenvalue weighted by atomic mass is 10.4. The summed E-state index contributed by atoms with van der Waals surface area (Å²) >= 11 is 0. The normalized spacial score (nSPS) is 12.0. The van der Waals surface area contributed by atoms with Gasteiger partial charge in [-0.3, -0.25) is 0 Å². The number of sulfonamides is 1. The van der Waals surface area contributed by atoms with Gasteiger partial charge in [-0.1, -0.05) is 6.07 Å². The highest BCUT2D eigenvalue weighted by atomic mass is 32.2. The van der Waals surface area contributed by atoms with Crippen molar-refractivity contribution >= 4 is 25.7 Å². The van der Waals surface area contributed by atoms with E-state index in [4.69, 9.17) is 4.42 Å². The monoisotopic (exact) mass is 392 g/mol. The number of nitrogens with zero attached hydrogens (tertiary/aromatic N) is 2. The van der Waals surface area contributed by atoms with Gasteiger partial charge in [-0.2, -0.15) is 0 Å². The molecule has 0 atom stereocenters. The van der Waals surface area contributed by atoms with Crippen LogP contribution in [-0.2, 0) is 26.4 Å². The van der Waals surface area contributed by atoms with E-state index in [9.17, 15) is 16.8 Å². The summed E-state index contributed by atoms with van der Waals surface area (Å²) in [5.74, 6) is 0.683. The first kappa shape index (κ1) is 18.2. The molecule has 3 rings (SSSR count). The Labute approximate surface area is 151 Å². The number of hydrogen-bond acceptors (Lipinski definition) is 6. The summed E-state index contributed by atoms with van der Waals surface area (Å²) in [5.41, 5.74) is 0. The summed E-state index contributed by atoms with van der Waals surface area (Å²) < 4.78 is 55.8. The van der Waals surface area contributed by atoms with Gasteiger partial charge in [0, 0.05) is 12.5 Å². The Balaban J connectivity index is 2.04. The zero-order valence-corrected chi connectivity index (χ0v) is 15.4. The van der Waals surface area contributed by atoms with E-state index in [2.05, 4.69) is 4.98 Å². The van der Waals surface area contributed by atoms with Gasteiger partial charge in [0.25, 0.3) is 10.0 Å². The highest BCUT2D eigenvalue weighted by Gasteiger charge is 2.27. The van der Waals surface area contributed by atoms with Crippen LogP contribution < -0.4 is 4.31 Å². The largest absolute Gasteiger partial charge is 0.467 e. The quantitative estimate of drug-likeness (QED) is 0.639. The molecule has 0 radical (unpaired) electrons. The zero-order valence-electron chi connectivity index (χ0n) is 13.8. The summed E-state index contributed by atoms with van der Waals surface area (Å²) in [6.45, 7) is -0.0415. The zero-order chi connectivity index (χ0) is 18.8. The van der Waals surface area contributed by atoms with Gasteiger partial charge in [0.2, 0.25) is 0 Å². The number of hydrogen-bond donors (Lipinski definition) is 0. The predicted molar refractivity (Wildman–Crippen MR) is 95.9 cm³/mol. The first-order valence-corrected chi connectivity index (χ1v) is 10.9. The fourth-order valence-electron chi connectivity index (χ4n) is 2.32. The van der Waals surface area contributed by atoms with E-state index in [-0.39, 0.29) is 22.2 Å². The third-order valence-corrected chi connectivity index (χ3v) is 6.52. The van der Waals surface area contributed by atoms with Crippen molar-refractivity contribution in [2.75, 3.05) is 10.6 Å². The van der Waals surface area contributed by atoms with Crippen LogP contribution in [0.3, 0.4) is 0 Å². The number of sulfone groups is 1. The van der Waals surface area contributed by atoms with Crippen LogP contribution in [0.1, 0.15) is 5.76 Å². The van der Waals surface area contributed by atoms with E-state index in [1.807, 2.05) is 0 Å². The van der Waals surface area contributed by atoms with Crippen LogP contribution in [0, 0.1) is 0 Å². The number of anilines is 1. The van der Waals surface area contributed by atoms with E-state index in [0.717, 1.165) is 10.6 Å². The molecule has 2 heterocycles. The molecule has 26 heavy (non-hydrogen) atoms. The van der Waals surface area contributed by atoms with Crippen molar-refractivity contribution < 1.29 is 21.3 Å². The summed E-state index contributed by atoms with van der Waals surface area (Å²) in [6, 6.07) is 13.3. The van der Waals surface area contributed by atoms with Crippen molar-refractivity contribution in [1.29, 1.82) is 0 Å². The smallest absolute Gasteiger partial charge is 0.265 e. The minimum Gasteiger partial charge on any atom is -0.467 e. The minimum atomic E-state index is -3.98. The molecule has 0 N–H and O–H groups in total. The fraction of sp³-hybridized carbons (Fsp3) is 0.118. The average Bonchev–Trinajstić information content (AvgIpc) is 3.13. The molecule has 7 nitrogen and oxygen atoms in total. The van der Waals surface area contributed by atoms with Gasteiger partial charge in [0.15, 0.2) is 9.84 Å². The minimum absolute atomic E-state index is 0.0397. The Kier molecular flexibility index (Phi) is 4.84. The molecular formula is C17H16N2O5S2. The molecule has 0 bridgehead atoms. The van der Waals surface area contributed by atoms with Crippen LogP contribution in [-0.4, -0.2) is 28.1 Å². The third-order valence-electron chi connectivity index (χ3n) is 3.62. The molecule has 3 aromatic rings. The molecule has 0 amide bonds. The topological polar surface area (TPSA) is 97.5 Å². The Hall–Kier alpha value is -2.65. The van der Waals surface area contributed by atoms with E-state index in [1.54, 1.807) is 30.3 Å². The molecule has 0 aliphatic heterocycles. The van der Waals surface area contributed by atoms with Crippen molar-refractivity contribution in [1.82, 2.24) is 4.98 Å². The van der Waals surface area contributed by atoms with Gasteiger partial charge in [-0.15, -0.1) is 0 Å². The third kappa shape index (κ3) is 3.78. The van der Waals surface area contributed by atoms with Gasteiger partial charge in [-0.25, -0.2) is 26.1 Å². The van der Waals surface area contributed by atoms with Crippen LogP contribution in [0.4, 0.5) is 5.82 Å². The molecule has 0 fully saturated rings. The maximum absolute atomic E-state index is 13.1. The van der Waals surface area contributed by atoms with E-state index in [1.165, 1.54) is 36.7 Å². The number of aromatic nitrogens is 1. The number of benzene rings is 1. The lowest BCUT2D eigenvalue weighted by Crippen LogP contribution is -2.31. The van der Waals surface area contributed by atoms with Gasteiger partial charge >= 0.3 is 0 Å². The SMILES string of the molecule is CS(=O)(=O)c1ccc(S(=O)(=O)N(Cc2ccco2)c2ccccn2)cc1. The van der Waals surface area contributed by atoms with Crippen molar-refractivity contribution in [3.05, 3.63) is 72.8 Å². The Morgan fingerprint density at radius 1 is 0.923 bits per heavy atom.